The Morgan fingerprint density at radius 1 is 0.295 bits per heavy atom. The topological polar surface area (TPSA) is 0 Å². The van der Waals surface area contributed by atoms with E-state index in [1.807, 2.05) is 0 Å². The second kappa shape index (κ2) is 11.3. The van der Waals surface area contributed by atoms with Gasteiger partial charge in [-0.15, -0.1) is 0 Å². The first-order valence-electron chi connectivity index (χ1n) is 10.3. The number of halogens is 26. The minimum absolute atomic E-state index is 0.266. The zero-order chi connectivity index (χ0) is 36.4. The van der Waals surface area contributed by atoms with Crippen LogP contribution in [0.4, 0.5) is 114 Å². The summed E-state index contributed by atoms with van der Waals surface area (Å²) in [5.74, 6) is -78.4. The third-order valence-corrected chi connectivity index (χ3v) is 7.94. The standard InChI is InChI=1S/C17H11F26Si/c1-44(4-2-6(18,19)8(22,23)10(26,27)12(30,31)14(34,35)16(38,39)40)5-3-7(20,21)9(24,25)11(28,29)13(32,33)15(36,37)17(41,42)43/h2-5H2,1H3. The predicted molar refractivity (Wildman–Crippen MR) is 92.0 cm³/mol. The maximum absolute atomic E-state index is 13.7. The highest BCUT2D eigenvalue weighted by Gasteiger charge is 2.92. The summed E-state index contributed by atoms with van der Waals surface area (Å²) < 4.78 is 339. The van der Waals surface area contributed by atoms with E-state index in [0.29, 0.717) is 0 Å². The van der Waals surface area contributed by atoms with Crippen molar-refractivity contribution in [2.75, 3.05) is 0 Å². The second-order valence-corrected chi connectivity index (χ2v) is 11.9. The molecule has 0 bridgehead atoms. The molecular formula is C17H11F26Si. The summed E-state index contributed by atoms with van der Waals surface area (Å²) in [6.45, 7) is 0.266. The van der Waals surface area contributed by atoms with Gasteiger partial charge in [-0.1, -0.05) is 18.6 Å². The molecule has 0 N–H and O–H groups in total. The highest BCUT2D eigenvalue weighted by molar-refractivity contribution is 6.57. The molecule has 0 aromatic rings. The summed E-state index contributed by atoms with van der Waals surface area (Å²) in [6.07, 6.45) is -21.5. The summed E-state index contributed by atoms with van der Waals surface area (Å²) >= 11 is 0. The van der Waals surface area contributed by atoms with Crippen LogP contribution in [0.2, 0.25) is 18.6 Å². The van der Waals surface area contributed by atoms with E-state index in [0.717, 1.165) is 0 Å². The van der Waals surface area contributed by atoms with Crippen LogP contribution in [-0.4, -0.2) is 80.4 Å². The third kappa shape index (κ3) is 6.22. The van der Waals surface area contributed by atoms with E-state index in [1.54, 1.807) is 0 Å². The van der Waals surface area contributed by atoms with E-state index in [-0.39, 0.29) is 6.55 Å². The lowest BCUT2D eigenvalue weighted by Gasteiger charge is -2.40. The largest absolute Gasteiger partial charge is 0.460 e. The van der Waals surface area contributed by atoms with Crippen molar-refractivity contribution in [3.63, 3.8) is 0 Å². The number of rotatable bonds is 14. The Labute approximate surface area is 227 Å². The normalized spacial score (nSPS) is 16.6. The zero-order valence-corrected chi connectivity index (χ0v) is 21.2. The molecule has 0 fully saturated rings. The van der Waals surface area contributed by atoms with Crippen molar-refractivity contribution < 1.29 is 114 Å². The van der Waals surface area contributed by atoms with Crippen LogP contribution >= 0.6 is 0 Å². The van der Waals surface area contributed by atoms with Crippen molar-refractivity contribution in [1.82, 2.24) is 0 Å². The van der Waals surface area contributed by atoms with Gasteiger partial charge in [0.15, 0.2) is 0 Å². The predicted octanol–water partition coefficient (Wildman–Crippen LogP) is 10.4. The molecule has 0 aromatic carbocycles. The van der Waals surface area contributed by atoms with Crippen LogP contribution < -0.4 is 0 Å². The van der Waals surface area contributed by atoms with E-state index in [2.05, 4.69) is 0 Å². The van der Waals surface area contributed by atoms with Crippen LogP contribution in [0.3, 0.4) is 0 Å². The van der Waals surface area contributed by atoms with Crippen molar-refractivity contribution in [3.05, 3.63) is 0 Å². The molecule has 44 heavy (non-hydrogen) atoms. The fraction of sp³-hybridized carbons (Fsp3) is 1.00. The van der Waals surface area contributed by atoms with E-state index in [4.69, 9.17) is 0 Å². The van der Waals surface area contributed by atoms with Gasteiger partial charge in [-0.2, -0.15) is 114 Å². The van der Waals surface area contributed by atoms with E-state index in [1.165, 1.54) is 0 Å². The molecule has 0 aliphatic carbocycles. The monoisotopic (exact) mass is 737 g/mol. The van der Waals surface area contributed by atoms with Crippen molar-refractivity contribution >= 4 is 8.80 Å². The minimum atomic E-state index is -8.30. The average Bonchev–Trinajstić information content (AvgIpc) is 2.78. The Kier molecular flexibility index (Phi) is 10.9. The summed E-state index contributed by atoms with van der Waals surface area (Å²) in [4.78, 5) is 0. The van der Waals surface area contributed by atoms with Gasteiger partial charge in [0, 0.05) is 21.6 Å². The first-order valence-corrected chi connectivity index (χ1v) is 12.7. The lowest BCUT2D eigenvalue weighted by Crippen LogP contribution is -2.70. The van der Waals surface area contributed by atoms with Crippen molar-refractivity contribution in [1.29, 1.82) is 0 Å². The Morgan fingerprint density at radius 2 is 0.477 bits per heavy atom. The molecule has 0 saturated carbocycles. The van der Waals surface area contributed by atoms with Gasteiger partial charge < -0.3 is 0 Å². The van der Waals surface area contributed by atoms with Gasteiger partial charge in [0.1, 0.15) is 0 Å². The number of hydrogen-bond acceptors (Lipinski definition) is 0. The van der Waals surface area contributed by atoms with Crippen LogP contribution in [0.25, 0.3) is 0 Å². The molecule has 0 aliphatic heterocycles. The Hall–Kier alpha value is -1.60. The van der Waals surface area contributed by atoms with Crippen molar-refractivity contribution in [2.45, 2.75) is 103 Å². The van der Waals surface area contributed by atoms with Crippen LogP contribution in [0.15, 0.2) is 0 Å². The fourth-order valence-corrected chi connectivity index (χ4v) is 4.52. The van der Waals surface area contributed by atoms with Gasteiger partial charge in [0.25, 0.3) is 0 Å². The van der Waals surface area contributed by atoms with E-state index >= 15 is 0 Å². The molecule has 265 valence electrons. The summed E-state index contributed by atoms with van der Waals surface area (Å²) in [5.41, 5.74) is 0. The first-order chi connectivity index (χ1) is 18.6. The van der Waals surface area contributed by atoms with Crippen molar-refractivity contribution in [3.8, 4) is 0 Å². The highest BCUT2D eigenvalue weighted by atomic mass is 28.3. The molecule has 0 amide bonds. The molecule has 0 aromatic heterocycles. The van der Waals surface area contributed by atoms with E-state index < -0.39 is 105 Å². The van der Waals surface area contributed by atoms with Crippen LogP contribution in [0.1, 0.15) is 12.8 Å². The molecule has 0 aliphatic rings. The van der Waals surface area contributed by atoms with Crippen LogP contribution in [0.5, 0.6) is 0 Å². The lowest BCUT2D eigenvalue weighted by molar-refractivity contribution is -0.440. The number of alkyl halides is 26. The smallest absolute Gasteiger partial charge is 0.200 e. The van der Waals surface area contributed by atoms with Gasteiger partial charge >= 0.3 is 71.6 Å². The fourth-order valence-electron chi connectivity index (χ4n) is 2.78. The lowest BCUT2D eigenvalue weighted by atomic mass is 9.93. The maximum Gasteiger partial charge on any atom is 0.460 e. The molecule has 0 nitrogen and oxygen atoms in total. The summed E-state index contributed by atoms with van der Waals surface area (Å²) in [7, 11) is -3.58. The molecule has 0 unspecified atom stereocenters. The van der Waals surface area contributed by atoms with E-state index in [9.17, 15) is 114 Å². The summed E-state index contributed by atoms with van der Waals surface area (Å²) in [5, 5.41) is 0. The molecule has 0 heterocycles. The maximum atomic E-state index is 13.7. The Balaban J connectivity index is 6.00. The molecule has 0 atom stereocenters. The molecule has 0 spiro atoms. The Bertz CT molecular complexity index is 907. The van der Waals surface area contributed by atoms with Gasteiger partial charge in [-0.05, 0) is 0 Å². The molecule has 1 radical (unpaired) electrons. The average molecular weight is 737 g/mol. The van der Waals surface area contributed by atoms with Gasteiger partial charge in [0.05, 0.1) is 0 Å². The Morgan fingerprint density at radius 3 is 0.659 bits per heavy atom. The van der Waals surface area contributed by atoms with Crippen LogP contribution in [0, 0.1) is 0 Å². The minimum Gasteiger partial charge on any atom is -0.200 e. The molecular weight excluding hydrogens is 726 g/mol. The molecule has 0 saturated heterocycles. The molecule has 0 rings (SSSR count). The first kappa shape index (κ1) is 42.4. The number of hydrogen-bond donors (Lipinski definition) is 0. The SMILES string of the molecule is C[Si](CCC(F)(F)C(F)(F)C(F)(F)C(F)(F)C(F)(F)C(F)(F)F)CCC(F)(F)C(F)(F)C(F)(F)C(F)(F)C(F)(F)C(F)(F)F. The van der Waals surface area contributed by atoms with Gasteiger partial charge in [-0.3, -0.25) is 0 Å². The van der Waals surface area contributed by atoms with Gasteiger partial charge in [0.2, 0.25) is 0 Å². The van der Waals surface area contributed by atoms with Crippen molar-refractivity contribution in [2.24, 2.45) is 0 Å². The van der Waals surface area contributed by atoms with Crippen LogP contribution in [-0.2, 0) is 0 Å². The quantitative estimate of drug-likeness (QED) is 0.123. The summed E-state index contributed by atoms with van der Waals surface area (Å²) in [6, 6.07) is -3.99. The molecule has 27 heteroatoms. The zero-order valence-electron chi connectivity index (χ0n) is 20.2. The second-order valence-electron chi connectivity index (χ2n) is 8.96. The third-order valence-electron chi connectivity index (χ3n) is 5.73. The van der Waals surface area contributed by atoms with Gasteiger partial charge in [-0.25, -0.2) is 0 Å². The highest BCUT2D eigenvalue weighted by Crippen LogP contribution is 2.62.